The van der Waals surface area contributed by atoms with Crippen LogP contribution in [0, 0.1) is 0 Å². The molecule has 0 N–H and O–H groups in total. The molecule has 194 valence electrons. The van der Waals surface area contributed by atoms with Gasteiger partial charge in [-0.25, -0.2) is 0 Å². The van der Waals surface area contributed by atoms with Gasteiger partial charge in [0, 0.05) is 23.4 Å². The number of fused-ring (bicyclic) bond motifs is 5. The lowest BCUT2D eigenvalue weighted by Gasteiger charge is -2.23. The third-order valence-corrected chi connectivity index (χ3v) is 8.82. The second kappa shape index (κ2) is 8.97. The summed E-state index contributed by atoms with van der Waals surface area (Å²) in [5, 5.41) is 4.81. The molecule has 0 aliphatic heterocycles. The van der Waals surface area contributed by atoms with Crippen LogP contribution in [0.25, 0.3) is 66.2 Å². The first-order valence-corrected chi connectivity index (χ1v) is 14.2. The summed E-state index contributed by atoms with van der Waals surface area (Å²) >= 11 is 0. The Morgan fingerprint density at radius 3 is 1.98 bits per heavy atom. The van der Waals surface area contributed by atoms with E-state index in [1.165, 1.54) is 66.1 Å². The summed E-state index contributed by atoms with van der Waals surface area (Å²) in [6, 6.07) is 42.2. The van der Waals surface area contributed by atoms with Crippen molar-refractivity contribution in [1.29, 1.82) is 0 Å². The lowest BCUT2D eigenvalue weighted by atomic mass is 9.80. The highest BCUT2D eigenvalue weighted by Gasteiger charge is 2.35. The molecule has 0 saturated carbocycles. The smallest absolute Gasteiger partial charge is 0.0897 e. The van der Waals surface area contributed by atoms with E-state index < -0.39 is 0 Å². The first kappa shape index (κ1) is 23.8. The fraction of sp³-hybridized carbons (Fsp3) is 0.0769. The largest absolute Gasteiger partial charge is 0.261 e. The Kier molecular flexibility index (Phi) is 5.20. The van der Waals surface area contributed by atoms with E-state index in [0.29, 0.717) is 0 Å². The van der Waals surface area contributed by atoms with Gasteiger partial charge in [0.1, 0.15) is 0 Å². The maximum Gasteiger partial charge on any atom is 0.0897 e. The molecule has 41 heavy (non-hydrogen) atoms. The normalized spacial score (nSPS) is 13.3. The zero-order chi connectivity index (χ0) is 27.6. The number of benzene rings is 6. The van der Waals surface area contributed by atoms with Crippen LogP contribution < -0.4 is 0 Å². The molecule has 0 unspecified atom stereocenters. The molecule has 8 rings (SSSR count). The fourth-order valence-corrected chi connectivity index (χ4v) is 6.86. The third-order valence-electron chi connectivity index (χ3n) is 8.82. The number of hydrogen-bond donors (Lipinski definition) is 0. The second-order valence-electron chi connectivity index (χ2n) is 11.4. The Morgan fingerprint density at radius 1 is 0.488 bits per heavy atom. The van der Waals surface area contributed by atoms with Crippen LogP contribution >= 0.6 is 0 Å². The van der Waals surface area contributed by atoms with Crippen molar-refractivity contribution in [3.8, 4) is 44.6 Å². The maximum absolute atomic E-state index is 4.76. The Labute approximate surface area is 240 Å². The van der Waals surface area contributed by atoms with Crippen molar-refractivity contribution < 1.29 is 0 Å². The standard InChI is InChI=1S/C39H28N2/c1-39(2)34-15-9-8-12-28(34)29-18-17-27(23-35(29)39)37-30-13-6-7-14-31(30)38(36-24-40-20-21-41-36)32-19-16-26(22-33(32)37)25-10-4-3-5-11-25/h3-24H,1-2H3. The van der Waals surface area contributed by atoms with Crippen LogP contribution in [0.1, 0.15) is 25.0 Å². The van der Waals surface area contributed by atoms with Gasteiger partial charge in [0.05, 0.1) is 11.9 Å². The highest BCUT2D eigenvalue weighted by Crippen LogP contribution is 2.51. The predicted octanol–water partition coefficient (Wildman–Crippen LogP) is 10.1. The summed E-state index contributed by atoms with van der Waals surface area (Å²) in [4.78, 5) is 9.19. The van der Waals surface area contributed by atoms with Crippen molar-refractivity contribution >= 4 is 21.5 Å². The average Bonchev–Trinajstić information content (AvgIpc) is 3.26. The van der Waals surface area contributed by atoms with Gasteiger partial charge in [0.2, 0.25) is 0 Å². The van der Waals surface area contributed by atoms with Gasteiger partial charge >= 0.3 is 0 Å². The molecule has 0 amide bonds. The Balaban J connectivity index is 1.48. The maximum atomic E-state index is 4.76. The van der Waals surface area contributed by atoms with Crippen molar-refractivity contribution in [2.75, 3.05) is 0 Å². The lowest BCUT2D eigenvalue weighted by Crippen LogP contribution is -2.14. The van der Waals surface area contributed by atoms with Crippen molar-refractivity contribution in [3.05, 3.63) is 145 Å². The van der Waals surface area contributed by atoms with Crippen LogP contribution in [0.4, 0.5) is 0 Å². The minimum absolute atomic E-state index is 0.0672. The molecular weight excluding hydrogens is 496 g/mol. The summed E-state index contributed by atoms with van der Waals surface area (Å²) in [7, 11) is 0. The van der Waals surface area contributed by atoms with Gasteiger partial charge in [-0.05, 0) is 78.2 Å². The van der Waals surface area contributed by atoms with Crippen molar-refractivity contribution in [2.24, 2.45) is 0 Å². The molecule has 2 nitrogen and oxygen atoms in total. The molecule has 0 radical (unpaired) electrons. The van der Waals surface area contributed by atoms with Crippen molar-refractivity contribution in [3.63, 3.8) is 0 Å². The molecular formula is C39H28N2. The van der Waals surface area contributed by atoms with E-state index in [4.69, 9.17) is 4.98 Å². The molecule has 0 atom stereocenters. The number of aromatic nitrogens is 2. The minimum Gasteiger partial charge on any atom is -0.261 e. The lowest BCUT2D eigenvalue weighted by molar-refractivity contribution is 0.660. The Morgan fingerprint density at radius 2 is 1.17 bits per heavy atom. The number of hydrogen-bond acceptors (Lipinski definition) is 2. The predicted molar refractivity (Wildman–Crippen MR) is 171 cm³/mol. The molecule has 1 aliphatic rings. The van der Waals surface area contributed by atoms with E-state index in [1.807, 2.05) is 6.20 Å². The topological polar surface area (TPSA) is 25.8 Å². The summed E-state index contributed by atoms with van der Waals surface area (Å²) in [5.74, 6) is 0. The van der Waals surface area contributed by atoms with Crippen LogP contribution in [0.2, 0.25) is 0 Å². The summed E-state index contributed by atoms with van der Waals surface area (Å²) in [6.45, 7) is 4.70. The molecule has 6 aromatic carbocycles. The van der Waals surface area contributed by atoms with Crippen LogP contribution in [-0.2, 0) is 5.41 Å². The molecule has 1 aliphatic carbocycles. The van der Waals surface area contributed by atoms with E-state index in [9.17, 15) is 0 Å². The van der Waals surface area contributed by atoms with Crippen molar-refractivity contribution in [1.82, 2.24) is 9.97 Å². The van der Waals surface area contributed by atoms with Crippen molar-refractivity contribution in [2.45, 2.75) is 19.3 Å². The first-order chi connectivity index (χ1) is 20.1. The quantitative estimate of drug-likeness (QED) is 0.215. The average molecular weight is 525 g/mol. The minimum atomic E-state index is -0.0672. The van der Waals surface area contributed by atoms with Crippen LogP contribution in [0.3, 0.4) is 0 Å². The Hall–Kier alpha value is -5.08. The molecule has 0 saturated heterocycles. The van der Waals surface area contributed by atoms with Gasteiger partial charge in [-0.2, -0.15) is 0 Å². The first-order valence-electron chi connectivity index (χ1n) is 14.2. The fourth-order valence-electron chi connectivity index (χ4n) is 6.86. The molecule has 7 aromatic rings. The monoisotopic (exact) mass is 524 g/mol. The van der Waals surface area contributed by atoms with E-state index in [-0.39, 0.29) is 5.41 Å². The molecule has 1 aromatic heterocycles. The molecule has 0 spiro atoms. The van der Waals surface area contributed by atoms with Crippen LogP contribution in [0.5, 0.6) is 0 Å². The zero-order valence-electron chi connectivity index (χ0n) is 23.1. The SMILES string of the molecule is CC1(C)c2ccccc2-c2ccc(-c3c4ccccc4c(-c4cnccn4)c4ccc(-c5ccccc5)cc34)cc21. The third kappa shape index (κ3) is 3.57. The van der Waals surface area contributed by atoms with Gasteiger partial charge < -0.3 is 0 Å². The highest BCUT2D eigenvalue weighted by atomic mass is 14.8. The number of rotatable bonds is 3. The Bertz CT molecular complexity index is 2110. The highest BCUT2D eigenvalue weighted by molar-refractivity contribution is 6.21. The van der Waals surface area contributed by atoms with Gasteiger partial charge in [0.15, 0.2) is 0 Å². The van der Waals surface area contributed by atoms with E-state index >= 15 is 0 Å². The summed E-state index contributed by atoms with van der Waals surface area (Å²) < 4.78 is 0. The summed E-state index contributed by atoms with van der Waals surface area (Å²) in [6.07, 6.45) is 5.39. The van der Waals surface area contributed by atoms with Crippen LogP contribution in [-0.4, -0.2) is 9.97 Å². The summed E-state index contributed by atoms with van der Waals surface area (Å²) in [5.41, 5.74) is 12.3. The molecule has 1 heterocycles. The van der Waals surface area contributed by atoms with Gasteiger partial charge in [0.25, 0.3) is 0 Å². The second-order valence-corrected chi connectivity index (χ2v) is 11.4. The molecule has 0 bridgehead atoms. The van der Waals surface area contributed by atoms with Gasteiger partial charge in [-0.3, -0.25) is 9.97 Å². The van der Waals surface area contributed by atoms with Crippen LogP contribution in [0.15, 0.2) is 134 Å². The van der Waals surface area contributed by atoms with E-state index in [0.717, 1.165) is 11.3 Å². The zero-order valence-corrected chi connectivity index (χ0v) is 23.1. The van der Waals surface area contributed by atoms with Gasteiger partial charge in [-0.1, -0.05) is 117 Å². The molecule has 2 heteroatoms. The van der Waals surface area contributed by atoms with E-state index in [1.54, 1.807) is 12.4 Å². The van der Waals surface area contributed by atoms with Gasteiger partial charge in [-0.15, -0.1) is 0 Å². The van der Waals surface area contributed by atoms with E-state index in [2.05, 4.69) is 134 Å². The molecule has 0 fully saturated rings. The number of nitrogens with zero attached hydrogens (tertiary/aromatic N) is 2.